The van der Waals surface area contributed by atoms with Crippen LogP contribution in [0.5, 0.6) is 0 Å². The molecule has 3 atom stereocenters. The number of halogens is 6. The van der Waals surface area contributed by atoms with E-state index in [1.807, 2.05) is 0 Å². The number of carbonyl (C=O) groups is 1. The second kappa shape index (κ2) is 7.91. The van der Waals surface area contributed by atoms with Crippen LogP contribution in [0.1, 0.15) is 18.1 Å². The van der Waals surface area contributed by atoms with E-state index in [4.69, 9.17) is 11.6 Å². The van der Waals surface area contributed by atoms with Crippen molar-refractivity contribution in [2.45, 2.75) is 24.9 Å². The first-order valence-electron chi connectivity index (χ1n) is 9.97. The molecule has 1 aliphatic rings. The van der Waals surface area contributed by atoms with Crippen LogP contribution in [0.25, 0.3) is 27.7 Å². The third-order valence-electron chi connectivity index (χ3n) is 5.66. The summed E-state index contributed by atoms with van der Waals surface area (Å²) in [4.78, 5) is 16.2. The fraction of sp³-hybridized carbons (Fsp3) is 0.286. The van der Waals surface area contributed by atoms with Gasteiger partial charge in [0.25, 0.3) is 0 Å². The summed E-state index contributed by atoms with van der Waals surface area (Å²) >= 11 is 6.24. The molecular weight excluding hydrogens is 485 g/mol. The molecule has 0 radical (unpaired) electrons. The molecule has 34 heavy (non-hydrogen) atoms. The van der Waals surface area contributed by atoms with Crippen molar-refractivity contribution in [3.05, 3.63) is 47.1 Å². The summed E-state index contributed by atoms with van der Waals surface area (Å²) in [6.07, 6.45) is -4.19. The van der Waals surface area contributed by atoms with E-state index in [9.17, 15) is 22.4 Å². The minimum atomic E-state index is -4.89. The lowest BCUT2D eigenvalue weighted by atomic mass is 9.97. The second-order valence-corrected chi connectivity index (χ2v) is 8.27. The maximum absolute atomic E-state index is 15.2. The van der Waals surface area contributed by atoms with E-state index in [1.54, 1.807) is 12.1 Å². The summed E-state index contributed by atoms with van der Waals surface area (Å²) in [5, 5.41) is 8.35. The van der Waals surface area contributed by atoms with Crippen LogP contribution in [0.2, 0.25) is 5.02 Å². The number of benzene rings is 1. The van der Waals surface area contributed by atoms with Crippen LogP contribution < -0.4 is 5.32 Å². The van der Waals surface area contributed by atoms with Gasteiger partial charge >= 0.3 is 6.18 Å². The Morgan fingerprint density at radius 3 is 2.74 bits per heavy atom. The number of rotatable bonds is 5. The van der Waals surface area contributed by atoms with Crippen molar-refractivity contribution in [1.29, 1.82) is 0 Å². The average Bonchev–Trinajstić information content (AvgIpc) is 3.14. The Labute approximate surface area is 192 Å². The van der Waals surface area contributed by atoms with Gasteiger partial charge in [0, 0.05) is 29.8 Å². The van der Waals surface area contributed by atoms with Gasteiger partial charge in [-0.2, -0.15) is 18.3 Å². The lowest BCUT2D eigenvalue weighted by molar-refractivity contribution is -0.216. The van der Waals surface area contributed by atoms with Gasteiger partial charge in [0.05, 0.1) is 34.4 Å². The fourth-order valence-electron chi connectivity index (χ4n) is 3.93. The number of methoxy groups -OCH3 is 1. The zero-order chi connectivity index (χ0) is 24.4. The Kier molecular flexibility index (Phi) is 5.24. The maximum atomic E-state index is 15.2. The number of aromatic nitrogens is 4. The number of nitrogens with zero attached hydrogens (tertiary/aromatic N) is 3. The number of imidazole rings is 1. The first-order valence-corrected chi connectivity index (χ1v) is 10.4. The highest BCUT2D eigenvalue weighted by molar-refractivity contribution is 6.35. The lowest BCUT2D eigenvalue weighted by Gasteiger charge is -2.22. The molecule has 7 nitrogen and oxygen atoms in total. The summed E-state index contributed by atoms with van der Waals surface area (Å²) in [6, 6.07) is 3.11. The molecule has 1 fully saturated rings. The number of hydrogen-bond donors (Lipinski definition) is 2. The number of nitrogens with one attached hydrogen (secondary N) is 2. The molecule has 1 aliphatic carbocycles. The molecule has 13 heteroatoms. The van der Waals surface area contributed by atoms with Gasteiger partial charge in [-0.1, -0.05) is 11.6 Å². The number of anilines is 1. The van der Waals surface area contributed by atoms with Gasteiger partial charge in [-0.15, -0.1) is 0 Å². The predicted molar refractivity (Wildman–Crippen MR) is 113 cm³/mol. The molecule has 1 unspecified atom stereocenters. The van der Waals surface area contributed by atoms with Crippen molar-refractivity contribution >= 4 is 39.9 Å². The molecule has 1 saturated carbocycles. The smallest absolute Gasteiger partial charge is 0.367 e. The number of carbonyl (C=O) groups excluding carboxylic acids is 1. The number of hydrogen-bond acceptors (Lipinski definition) is 4. The first-order chi connectivity index (χ1) is 16.1. The van der Waals surface area contributed by atoms with Crippen molar-refractivity contribution < 1.29 is 31.5 Å². The van der Waals surface area contributed by atoms with Gasteiger partial charge in [-0.25, -0.2) is 13.8 Å². The third-order valence-corrected chi connectivity index (χ3v) is 6.02. The predicted octanol–water partition coefficient (Wildman–Crippen LogP) is 5.22. The van der Waals surface area contributed by atoms with E-state index in [1.165, 1.54) is 23.0 Å². The number of H-pyrrole nitrogens is 1. The molecule has 3 heterocycles. The number of alkyl halides is 4. The van der Waals surface area contributed by atoms with Gasteiger partial charge in [0.1, 0.15) is 11.8 Å². The van der Waals surface area contributed by atoms with E-state index in [0.29, 0.717) is 11.2 Å². The topological polar surface area (TPSA) is 84.3 Å². The van der Waals surface area contributed by atoms with Crippen molar-refractivity contribution in [3.63, 3.8) is 0 Å². The van der Waals surface area contributed by atoms with Crippen molar-refractivity contribution in [2.75, 3.05) is 12.4 Å². The van der Waals surface area contributed by atoms with Crippen LogP contribution >= 0.6 is 11.6 Å². The molecule has 0 bridgehead atoms. The number of ether oxygens (including phenoxy) is 1. The van der Waals surface area contributed by atoms with Gasteiger partial charge in [-0.3, -0.25) is 9.89 Å². The normalized spacial score (nSPS) is 19.0. The molecule has 0 saturated heterocycles. The Bertz CT molecular complexity index is 1430. The molecule has 3 aromatic heterocycles. The molecule has 0 aliphatic heterocycles. The zero-order valence-electron chi connectivity index (χ0n) is 17.3. The average molecular weight is 500 g/mol. The molecule has 4 aromatic rings. The van der Waals surface area contributed by atoms with Crippen LogP contribution in [0, 0.1) is 11.7 Å². The number of amides is 1. The third kappa shape index (κ3) is 3.66. The molecule has 0 spiro atoms. The summed E-state index contributed by atoms with van der Waals surface area (Å²) in [5.74, 6) is -2.27. The Morgan fingerprint density at radius 2 is 2.09 bits per heavy atom. The lowest BCUT2D eigenvalue weighted by Crippen LogP contribution is -2.24. The van der Waals surface area contributed by atoms with Gasteiger partial charge in [0.15, 0.2) is 17.7 Å². The van der Waals surface area contributed by atoms with E-state index in [2.05, 4.69) is 25.2 Å². The molecule has 1 amide bonds. The highest BCUT2D eigenvalue weighted by Crippen LogP contribution is 2.45. The van der Waals surface area contributed by atoms with Crippen molar-refractivity contribution in [1.82, 2.24) is 19.6 Å². The largest absolute Gasteiger partial charge is 0.419 e. The quantitative estimate of drug-likeness (QED) is 0.369. The van der Waals surface area contributed by atoms with Crippen LogP contribution in [0.3, 0.4) is 0 Å². The summed E-state index contributed by atoms with van der Waals surface area (Å²) in [7, 11) is 0.821. The maximum Gasteiger partial charge on any atom is 0.419 e. The minimum absolute atomic E-state index is 0.114. The zero-order valence-corrected chi connectivity index (χ0v) is 18.0. The van der Waals surface area contributed by atoms with E-state index in [-0.39, 0.29) is 28.7 Å². The molecular formula is C21H15ClF5N5O2. The second-order valence-electron chi connectivity index (χ2n) is 7.89. The number of aromatic amines is 1. The highest BCUT2D eigenvalue weighted by Gasteiger charge is 2.45. The minimum Gasteiger partial charge on any atom is -0.367 e. The Morgan fingerprint density at radius 1 is 1.35 bits per heavy atom. The molecule has 2 N–H and O–H groups in total. The van der Waals surface area contributed by atoms with Gasteiger partial charge in [-0.05, 0) is 18.6 Å². The summed E-state index contributed by atoms with van der Waals surface area (Å²) < 4.78 is 74.9. The number of pyridine rings is 1. The van der Waals surface area contributed by atoms with E-state index >= 15 is 4.39 Å². The highest BCUT2D eigenvalue weighted by atomic mass is 35.5. The van der Waals surface area contributed by atoms with E-state index in [0.717, 1.165) is 7.11 Å². The Balaban J connectivity index is 1.60. The van der Waals surface area contributed by atoms with Crippen molar-refractivity contribution in [3.8, 4) is 11.1 Å². The standard InChI is InChI=1S/C21H15ClF5N5O2/c1-34-19(21(25,26)27)15-17(24)16(22)14(10-5-28-31-18(10)15)8-2-3-13-29-12(7-32(13)6-8)30-20(33)9-4-11(9)23/h2-3,5-7,9,11,19H,4H2,1H3,(H,28,31)(H,30,33)/t9-,11+,19?/m1/s1. The Hall–Kier alpha value is -3.25. The van der Waals surface area contributed by atoms with Crippen LogP contribution in [-0.2, 0) is 9.53 Å². The summed E-state index contributed by atoms with van der Waals surface area (Å²) in [6.45, 7) is 0. The van der Waals surface area contributed by atoms with Crippen LogP contribution in [0.4, 0.5) is 27.8 Å². The van der Waals surface area contributed by atoms with Gasteiger partial charge < -0.3 is 14.5 Å². The summed E-state index contributed by atoms with van der Waals surface area (Å²) in [5.41, 5.74) is -0.110. The van der Waals surface area contributed by atoms with Crippen molar-refractivity contribution in [2.24, 2.45) is 5.92 Å². The first kappa shape index (κ1) is 22.5. The number of fused-ring (bicyclic) bond motifs is 2. The molecule has 1 aromatic carbocycles. The van der Waals surface area contributed by atoms with Gasteiger partial charge in [0.2, 0.25) is 5.91 Å². The molecule has 5 rings (SSSR count). The van der Waals surface area contributed by atoms with Crippen LogP contribution in [0.15, 0.2) is 30.7 Å². The monoisotopic (exact) mass is 499 g/mol. The molecule has 178 valence electrons. The van der Waals surface area contributed by atoms with E-state index < -0.39 is 46.7 Å². The van der Waals surface area contributed by atoms with Crippen LogP contribution in [-0.4, -0.2) is 44.9 Å². The SMILES string of the molecule is COC(c1c(F)c(Cl)c(-c2ccc3nc(NC(=O)[C@@H]4C[C@@H]4F)cn3c2)c2cn[nH]c12)C(F)(F)F. The fourth-order valence-corrected chi connectivity index (χ4v) is 4.25.